The topological polar surface area (TPSA) is 49.8 Å². The van der Waals surface area contributed by atoms with Crippen LogP contribution in [0.15, 0.2) is 42.5 Å². The van der Waals surface area contributed by atoms with Gasteiger partial charge in [0.15, 0.2) is 0 Å². The van der Waals surface area contributed by atoms with Gasteiger partial charge in [-0.15, -0.1) is 0 Å². The fourth-order valence-corrected chi connectivity index (χ4v) is 3.18. The normalized spacial score (nSPS) is 16.6. The largest absolute Gasteiger partial charge is 0.497 e. The van der Waals surface area contributed by atoms with Crippen molar-refractivity contribution < 1.29 is 14.6 Å². The molecule has 0 radical (unpaired) electrons. The Labute approximate surface area is 146 Å². The van der Waals surface area contributed by atoms with E-state index in [-0.39, 0.29) is 5.91 Å². The molecule has 24 heavy (non-hydrogen) atoms. The molecule has 1 aliphatic heterocycles. The van der Waals surface area contributed by atoms with Gasteiger partial charge in [-0.3, -0.25) is 4.79 Å². The highest BCUT2D eigenvalue weighted by molar-refractivity contribution is 6.30. The third-order valence-corrected chi connectivity index (χ3v) is 4.59. The molecule has 3 rings (SSSR count). The first-order valence-electron chi connectivity index (χ1n) is 7.99. The van der Waals surface area contributed by atoms with Crippen molar-refractivity contribution >= 4 is 23.2 Å². The van der Waals surface area contributed by atoms with Crippen LogP contribution in [0.4, 0.5) is 5.69 Å². The van der Waals surface area contributed by atoms with E-state index in [1.807, 2.05) is 30.3 Å². The Morgan fingerprint density at radius 3 is 2.75 bits per heavy atom. The summed E-state index contributed by atoms with van der Waals surface area (Å²) in [5, 5.41) is 10.7. The van der Waals surface area contributed by atoms with Crippen molar-refractivity contribution in [2.45, 2.75) is 25.4 Å². The standard InChI is InChI=1S/C19H20ClNO3/c1-24-15-6-2-13(3-7-15)4-9-19(23)21-11-10-18(22)16-12-14(20)5-8-17(16)21/h2-3,5-8,12,18,22H,4,9-11H2,1H3. The summed E-state index contributed by atoms with van der Waals surface area (Å²) in [4.78, 5) is 14.4. The predicted molar refractivity (Wildman–Crippen MR) is 94.7 cm³/mol. The lowest BCUT2D eigenvalue weighted by Gasteiger charge is -2.32. The summed E-state index contributed by atoms with van der Waals surface area (Å²) in [6.07, 6.45) is 1.06. The minimum Gasteiger partial charge on any atom is -0.497 e. The van der Waals surface area contributed by atoms with E-state index < -0.39 is 6.10 Å². The second-order valence-electron chi connectivity index (χ2n) is 5.90. The number of rotatable bonds is 4. The zero-order valence-corrected chi connectivity index (χ0v) is 14.3. The van der Waals surface area contributed by atoms with E-state index in [0.29, 0.717) is 30.8 Å². The number of amides is 1. The smallest absolute Gasteiger partial charge is 0.227 e. The lowest BCUT2D eigenvalue weighted by Crippen LogP contribution is -2.36. The SMILES string of the molecule is COc1ccc(CCC(=O)N2CCC(O)c3cc(Cl)ccc32)cc1. The lowest BCUT2D eigenvalue weighted by molar-refractivity contribution is -0.118. The fourth-order valence-electron chi connectivity index (χ4n) is 3.00. The van der Waals surface area contributed by atoms with Crippen molar-refractivity contribution in [3.8, 4) is 5.75 Å². The van der Waals surface area contributed by atoms with Gasteiger partial charge in [-0.2, -0.15) is 0 Å². The van der Waals surface area contributed by atoms with Gasteiger partial charge in [-0.1, -0.05) is 23.7 Å². The number of fused-ring (bicyclic) bond motifs is 1. The molecule has 0 aromatic heterocycles. The minimum absolute atomic E-state index is 0.0568. The van der Waals surface area contributed by atoms with Gasteiger partial charge < -0.3 is 14.7 Å². The average Bonchev–Trinajstić information content (AvgIpc) is 2.61. The zero-order valence-electron chi connectivity index (χ0n) is 13.5. The van der Waals surface area contributed by atoms with Crippen molar-refractivity contribution in [1.29, 1.82) is 0 Å². The van der Waals surface area contributed by atoms with Crippen molar-refractivity contribution in [3.63, 3.8) is 0 Å². The summed E-state index contributed by atoms with van der Waals surface area (Å²) in [7, 11) is 1.63. The molecule has 5 heteroatoms. The molecular weight excluding hydrogens is 326 g/mol. The number of hydrogen-bond donors (Lipinski definition) is 1. The highest BCUT2D eigenvalue weighted by Crippen LogP contribution is 2.35. The van der Waals surface area contributed by atoms with E-state index in [9.17, 15) is 9.90 Å². The number of methoxy groups -OCH3 is 1. The second-order valence-corrected chi connectivity index (χ2v) is 6.34. The van der Waals surface area contributed by atoms with Crippen LogP contribution in [0.1, 0.15) is 30.1 Å². The molecule has 0 spiro atoms. The van der Waals surface area contributed by atoms with Crippen LogP contribution in [-0.4, -0.2) is 24.7 Å². The van der Waals surface area contributed by atoms with Gasteiger partial charge in [0.1, 0.15) is 5.75 Å². The van der Waals surface area contributed by atoms with E-state index in [0.717, 1.165) is 22.6 Å². The maximum Gasteiger partial charge on any atom is 0.227 e. The Morgan fingerprint density at radius 1 is 1.29 bits per heavy atom. The summed E-state index contributed by atoms with van der Waals surface area (Å²) >= 11 is 6.01. The molecule has 0 saturated carbocycles. The van der Waals surface area contributed by atoms with Crippen LogP contribution < -0.4 is 9.64 Å². The Morgan fingerprint density at radius 2 is 2.04 bits per heavy atom. The monoisotopic (exact) mass is 345 g/mol. The molecule has 0 bridgehead atoms. The summed E-state index contributed by atoms with van der Waals surface area (Å²) in [6.45, 7) is 0.525. The first-order valence-corrected chi connectivity index (χ1v) is 8.37. The van der Waals surface area contributed by atoms with Crippen molar-refractivity contribution in [2.24, 2.45) is 0 Å². The van der Waals surface area contributed by atoms with Gasteiger partial charge in [0, 0.05) is 29.2 Å². The van der Waals surface area contributed by atoms with E-state index in [1.165, 1.54) is 0 Å². The van der Waals surface area contributed by atoms with Crippen molar-refractivity contribution in [1.82, 2.24) is 0 Å². The minimum atomic E-state index is -0.565. The third-order valence-electron chi connectivity index (χ3n) is 4.35. The van der Waals surface area contributed by atoms with Gasteiger partial charge in [0.05, 0.1) is 13.2 Å². The molecule has 0 saturated heterocycles. The number of carbonyl (C=O) groups excluding carboxylic acids is 1. The molecule has 2 aromatic carbocycles. The maximum atomic E-state index is 12.6. The molecule has 1 N–H and O–H groups in total. The van der Waals surface area contributed by atoms with E-state index in [4.69, 9.17) is 16.3 Å². The number of ether oxygens (including phenoxy) is 1. The summed E-state index contributed by atoms with van der Waals surface area (Å²) in [6, 6.07) is 13.0. The first-order chi connectivity index (χ1) is 11.6. The number of carbonyl (C=O) groups is 1. The molecule has 0 aliphatic carbocycles. The lowest BCUT2D eigenvalue weighted by atomic mass is 9.98. The van der Waals surface area contributed by atoms with Crippen LogP contribution in [-0.2, 0) is 11.2 Å². The highest BCUT2D eigenvalue weighted by atomic mass is 35.5. The highest BCUT2D eigenvalue weighted by Gasteiger charge is 2.27. The third kappa shape index (κ3) is 3.55. The van der Waals surface area contributed by atoms with Gasteiger partial charge in [-0.05, 0) is 48.7 Å². The van der Waals surface area contributed by atoms with Crippen LogP contribution in [0.5, 0.6) is 5.75 Å². The van der Waals surface area contributed by atoms with E-state index >= 15 is 0 Å². The Balaban J connectivity index is 1.70. The Bertz CT molecular complexity index is 730. The fraction of sp³-hybridized carbons (Fsp3) is 0.316. The summed E-state index contributed by atoms with van der Waals surface area (Å²) in [5.74, 6) is 0.863. The van der Waals surface area contributed by atoms with Crippen LogP contribution in [0.2, 0.25) is 5.02 Å². The quantitative estimate of drug-likeness (QED) is 0.918. The molecule has 1 unspecified atom stereocenters. The van der Waals surface area contributed by atoms with Crippen molar-refractivity contribution in [3.05, 3.63) is 58.6 Å². The molecule has 0 fully saturated rings. The number of aliphatic hydroxyl groups excluding tert-OH is 1. The Hall–Kier alpha value is -2.04. The van der Waals surface area contributed by atoms with Crippen LogP contribution in [0.25, 0.3) is 0 Å². The number of hydrogen-bond acceptors (Lipinski definition) is 3. The summed E-state index contributed by atoms with van der Waals surface area (Å²) < 4.78 is 5.14. The molecule has 1 atom stereocenters. The first kappa shape index (κ1) is 16.8. The molecule has 1 heterocycles. The second kappa shape index (κ2) is 7.24. The Kier molecular flexibility index (Phi) is 5.07. The number of nitrogens with zero attached hydrogens (tertiary/aromatic N) is 1. The predicted octanol–water partition coefficient (Wildman–Crippen LogP) is 3.75. The van der Waals surface area contributed by atoms with E-state index in [2.05, 4.69) is 0 Å². The number of anilines is 1. The molecular formula is C19H20ClNO3. The molecule has 4 nitrogen and oxygen atoms in total. The number of benzene rings is 2. The van der Waals surface area contributed by atoms with Gasteiger partial charge in [-0.25, -0.2) is 0 Å². The molecule has 1 aliphatic rings. The van der Waals surface area contributed by atoms with Crippen LogP contribution in [0, 0.1) is 0 Å². The maximum absolute atomic E-state index is 12.6. The number of aliphatic hydroxyl groups is 1. The van der Waals surface area contributed by atoms with Gasteiger partial charge in [0.25, 0.3) is 0 Å². The molecule has 126 valence electrons. The van der Waals surface area contributed by atoms with E-state index in [1.54, 1.807) is 24.1 Å². The zero-order chi connectivity index (χ0) is 17.1. The van der Waals surface area contributed by atoms with Crippen LogP contribution >= 0.6 is 11.6 Å². The van der Waals surface area contributed by atoms with Crippen LogP contribution in [0.3, 0.4) is 0 Å². The number of halogens is 1. The molecule has 1 amide bonds. The summed E-state index contributed by atoms with van der Waals surface area (Å²) in [5.41, 5.74) is 2.59. The molecule has 2 aromatic rings. The number of aryl methyl sites for hydroxylation is 1. The van der Waals surface area contributed by atoms with Crippen molar-refractivity contribution in [2.75, 3.05) is 18.6 Å². The van der Waals surface area contributed by atoms with Gasteiger partial charge in [0.2, 0.25) is 5.91 Å². The average molecular weight is 346 g/mol. The van der Waals surface area contributed by atoms with Gasteiger partial charge >= 0.3 is 0 Å².